The van der Waals surface area contributed by atoms with E-state index in [9.17, 15) is 0 Å². The molecule has 102 valence electrons. The van der Waals surface area contributed by atoms with Gasteiger partial charge in [-0.15, -0.1) is 0 Å². The van der Waals surface area contributed by atoms with Gasteiger partial charge in [0.1, 0.15) is 0 Å². The molecule has 1 N–H and O–H groups in total. The second kappa shape index (κ2) is 7.34. The first-order valence-electron chi connectivity index (χ1n) is 7.22. The average Bonchev–Trinajstić information content (AvgIpc) is 2.24. The van der Waals surface area contributed by atoms with E-state index in [0.29, 0.717) is 18.1 Å². The van der Waals surface area contributed by atoms with Gasteiger partial charge in [0.25, 0.3) is 0 Å². The molecule has 1 aliphatic heterocycles. The van der Waals surface area contributed by atoms with Crippen molar-refractivity contribution in [1.82, 2.24) is 15.1 Å². The first-order valence-corrected chi connectivity index (χ1v) is 7.22. The summed E-state index contributed by atoms with van der Waals surface area (Å²) in [7, 11) is 2.23. The minimum Gasteiger partial charge on any atom is -0.313 e. The average molecular weight is 241 g/mol. The molecule has 0 aromatic heterocycles. The molecule has 0 spiro atoms. The molecular weight excluding hydrogens is 210 g/mol. The third-order valence-corrected chi connectivity index (χ3v) is 3.73. The Morgan fingerprint density at radius 1 is 1.29 bits per heavy atom. The molecule has 0 radical (unpaired) electrons. The Hall–Kier alpha value is -0.120. The number of nitrogens with one attached hydrogen (secondary N) is 1. The first kappa shape index (κ1) is 14.9. The van der Waals surface area contributed by atoms with Crippen LogP contribution in [0.15, 0.2) is 0 Å². The van der Waals surface area contributed by atoms with E-state index in [1.54, 1.807) is 0 Å². The smallest absolute Gasteiger partial charge is 0.0224 e. The maximum absolute atomic E-state index is 3.60. The first-order chi connectivity index (χ1) is 8.04. The normalized spacial score (nSPS) is 25.4. The van der Waals surface area contributed by atoms with Crippen molar-refractivity contribution in [3.63, 3.8) is 0 Å². The van der Waals surface area contributed by atoms with Crippen molar-refractivity contribution in [3.8, 4) is 0 Å². The molecule has 0 bridgehead atoms. The van der Waals surface area contributed by atoms with E-state index < -0.39 is 0 Å². The van der Waals surface area contributed by atoms with Gasteiger partial charge in [0.15, 0.2) is 0 Å². The van der Waals surface area contributed by atoms with E-state index in [2.05, 4.69) is 49.9 Å². The van der Waals surface area contributed by atoms with Crippen molar-refractivity contribution in [2.24, 2.45) is 0 Å². The van der Waals surface area contributed by atoms with Crippen LogP contribution in [0.25, 0.3) is 0 Å². The zero-order chi connectivity index (χ0) is 12.8. The van der Waals surface area contributed by atoms with Gasteiger partial charge in [0.05, 0.1) is 0 Å². The number of rotatable bonds is 6. The lowest BCUT2D eigenvalue weighted by Gasteiger charge is -2.43. The Morgan fingerprint density at radius 2 is 2.00 bits per heavy atom. The molecule has 1 aliphatic rings. The number of piperazine rings is 1. The van der Waals surface area contributed by atoms with Gasteiger partial charge in [-0.05, 0) is 20.4 Å². The summed E-state index contributed by atoms with van der Waals surface area (Å²) in [5, 5.41) is 3.60. The summed E-state index contributed by atoms with van der Waals surface area (Å²) >= 11 is 0. The van der Waals surface area contributed by atoms with Crippen molar-refractivity contribution in [3.05, 3.63) is 0 Å². The van der Waals surface area contributed by atoms with E-state index in [0.717, 1.165) is 6.54 Å². The molecule has 0 saturated carbocycles. The summed E-state index contributed by atoms with van der Waals surface area (Å²) in [5.41, 5.74) is 0. The Morgan fingerprint density at radius 3 is 2.53 bits per heavy atom. The molecule has 1 rings (SSSR count). The number of nitrogens with zero attached hydrogens (tertiary/aromatic N) is 2. The molecule has 3 nitrogen and oxygen atoms in total. The molecule has 0 aliphatic carbocycles. The number of hydrogen-bond acceptors (Lipinski definition) is 3. The molecule has 3 heteroatoms. The van der Waals surface area contributed by atoms with E-state index in [1.807, 2.05) is 0 Å². The summed E-state index contributed by atoms with van der Waals surface area (Å²) in [6, 6.07) is 2.00. The van der Waals surface area contributed by atoms with Crippen LogP contribution in [0.1, 0.15) is 40.5 Å². The zero-order valence-electron chi connectivity index (χ0n) is 12.4. The highest BCUT2D eigenvalue weighted by molar-refractivity contribution is 4.84. The van der Waals surface area contributed by atoms with Gasteiger partial charge in [0.2, 0.25) is 0 Å². The molecule has 1 saturated heterocycles. The minimum absolute atomic E-state index is 0.595. The van der Waals surface area contributed by atoms with Crippen molar-refractivity contribution in [2.45, 2.75) is 58.7 Å². The second-order valence-electron chi connectivity index (χ2n) is 5.85. The van der Waals surface area contributed by atoms with Crippen LogP contribution in [0, 0.1) is 0 Å². The van der Waals surface area contributed by atoms with Crippen LogP contribution < -0.4 is 5.32 Å². The summed E-state index contributed by atoms with van der Waals surface area (Å²) in [6.07, 6.45) is 2.59. The Labute approximate surface area is 108 Å². The van der Waals surface area contributed by atoms with Crippen LogP contribution in [0.5, 0.6) is 0 Å². The number of hydrogen-bond donors (Lipinski definition) is 1. The van der Waals surface area contributed by atoms with Gasteiger partial charge < -0.3 is 10.2 Å². The molecule has 17 heavy (non-hydrogen) atoms. The second-order valence-corrected chi connectivity index (χ2v) is 5.85. The lowest BCUT2D eigenvalue weighted by molar-refractivity contribution is 0.0562. The van der Waals surface area contributed by atoms with Crippen molar-refractivity contribution in [2.75, 3.05) is 33.2 Å². The molecule has 1 heterocycles. The predicted octanol–water partition coefficient (Wildman–Crippen LogP) is 1.79. The SMILES string of the molecule is CCCC(CNC(C)C)N1CCN(C)CC1C. The summed E-state index contributed by atoms with van der Waals surface area (Å²) in [5.74, 6) is 0. The lowest BCUT2D eigenvalue weighted by Crippen LogP contribution is -2.56. The van der Waals surface area contributed by atoms with Gasteiger partial charge in [-0.1, -0.05) is 27.2 Å². The van der Waals surface area contributed by atoms with Gasteiger partial charge in [-0.3, -0.25) is 4.90 Å². The fraction of sp³-hybridized carbons (Fsp3) is 1.00. The summed E-state index contributed by atoms with van der Waals surface area (Å²) in [4.78, 5) is 5.15. The highest BCUT2D eigenvalue weighted by Gasteiger charge is 2.27. The van der Waals surface area contributed by atoms with Crippen LogP contribution in [0.4, 0.5) is 0 Å². The van der Waals surface area contributed by atoms with Crippen LogP contribution in [-0.2, 0) is 0 Å². The van der Waals surface area contributed by atoms with Crippen LogP contribution >= 0.6 is 0 Å². The Bertz CT molecular complexity index is 206. The molecule has 0 amide bonds. The molecule has 1 fully saturated rings. The van der Waals surface area contributed by atoms with Gasteiger partial charge >= 0.3 is 0 Å². The van der Waals surface area contributed by atoms with Crippen LogP contribution in [0.3, 0.4) is 0 Å². The monoisotopic (exact) mass is 241 g/mol. The molecular formula is C14H31N3. The third-order valence-electron chi connectivity index (χ3n) is 3.73. The van der Waals surface area contributed by atoms with E-state index >= 15 is 0 Å². The largest absolute Gasteiger partial charge is 0.313 e. The Kier molecular flexibility index (Phi) is 6.45. The van der Waals surface area contributed by atoms with Crippen LogP contribution in [0.2, 0.25) is 0 Å². The highest BCUT2D eigenvalue weighted by Crippen LogP contribution is 2.15. The quantitative estimate of drug-likeness (QED) is 0.765. The Balaban J connectivity index is 2.50. The van der Waals surface area contributed by atoms with Gasteiger partial charge in [0, 0.05) is 44.3 Å². The molecule has 2 unspecified atom stereocenters. The van der Waals surface area contributed by atoms with Crippen molar-refractivity contribution in [1.29, 1.82) is 0 Å². The topological polar surface area (TPSA) is 18.5 Å². The maximum Gasteiger partial charge on any atom is 0.0224 e. The van der Waals surface area contributed by atoms with E-state index in [4.69, 9.17) is 0 Å². The fourth-order valence-corrected chi connectivity index (χ4v) is 2.79. The maximum atomic E-state index is 3.60. The van der Waals surface area contributed by atoms with Gasteiger partial charge in [-0.2, -0.15) is 0 Å². The molecule has 0 aromatic rings. The summed E-state index contributed by atoms with van der Waals surface area (Å²) in [6.45, 7) is 13.9. The standard InChI is InChI=1S/C14H31N3/c1-6-7-14(10-15-12(2)3)17-9-8-16(5)11-13(17)4/h12-15H,6-11H2,1-5H3. The van der Waals surface area contributed by atoms with Gasteiger partial charge in [-0.25, -0.2) is 0 Å². The zero-order valence-corrected chi connectivity index (χ0v) is 12.4. The van der Waals surface area contributed by atoms with E-state index in [1.165, 1.54) is 32.5 Å². The van der Waals surface area contributed by atoms with Crippen molar-refractivity contribution < 1.29 is 0 Å². The summed E-state index contributed by atoms with van der Waals surface area (Å²) < 4.78 is 0. The third kappa shape index (κ3) is 4.94. The molecule has 2 atom stereocenters. The van der Waals surface area contributed by atoms with Crippen LogP contribution in [-0.4, -0.2) is 61.2 Å². The van der Waals surface area contributed by atoms with E-state index in [-0.39, 0.29) is 0 Å². The fourth-order valence-electron chi connectivity index (χ4n) is 2.79. The molecule has 0 aromatic carbocycles. The number of likely N-dealkylation sites (N-methyl/N-ethyl adjacent to an activating group) is 1. The van der Waals surface area contributed by atoms with Crippen molar-refractivity contribution >= 4 is 0 Å². The minimum atomic E-state index is 0.595. The lowest BCUT2D eigenvalue weighted by atomic mass is 10.1. The highest BCUT2D eigenvalue weighted by atomic mass is 15.3. The predicted molar refractivity (Wildman–Crippen MR) is 75.5 cm³/mol.